The number of urea groups is 1. The van der Waals surface area contributed by atoms with Gasteiger partial charge in [0.15, 0.2) is 5.76 Å². The maximum atomic E-state index is 12.6. The van der Waals surface area contributed by atoms with Crippen molar-refractivity contribution in [1.29, 1.82) is 0 Å². The van der Waals surface area contributed by atoms with Gasteiger partial charge in [-0.2, -0.15) is 0 Å². The number of rotatable bonds is 4. The molecule has 0 radical (unpaired) electrons. The zero-order valence-electron chi connectivity index (χ0n) is 14.1. The molecule has 24 heavy (non-hydrogen) atoms. The van der Waals surface area contributed by atoms with Crippen molar-refractivity contribution >= 4 is 11.7 Å². The number of nitrogens with zero attached hydrogens (tertiary/aromatic N) is 2. The van der Waals surface area contributed by atoms with Crippen LogP contribution in [0.15, 0.2) is 34.9 Å². The Morgan fingerprint density at radius 3 is 2.83 bits per heavy atom. The molecule has 2 amide bonds. The van der Waals surface area contributed by atoms with Gasteiger partial charge in [-0.3, -0.25) is 0 Å². The van der Waals surface area contributed by atoms with Gasteiger partial charge in [-0.25, -0.2) is 4.79 Å². The first kappa shape index (κ1) is 16.5. The molecule has 1 aromatic carbocycles. The first-order valence-electron chi connectivity index (χ1n) is 8.27. The molecule has 3 rings (SSSR count). The average molecular weight is 329 g/mol. The molecule has 0 bridgehead atoms. The van der Waals surface area contributed by atoms with Crippen LogP contribution in [0.1, 0.15) is 30.4 Å². The van der Waals surface area contributed by atoms with E-state index in [4.69, 9.17) is 4.52 Å². The lowest BCUT2D eigenvalue weighted by Crippen LogP contribution is -2.39. The Balaban J connectivity index is 1.75. The van der Waals surface area contributed by atoms with E-state index < -0.39 is 5.41 Å². The summed E-state index contributed by atoms with van der Waals surface area (Å²) in [6.07, 6.45) is 1.43. The SMILES string of the molecule is CCc1noc(C)c1NC(=O)N1CCC(CO)(c2ccccc2)C1. The molecule has 1 atom stereocenters. The van der Waals surface area contributed by atoms with E-state index in [1.165, 1.54) is 0 Å². The van der Waals surface area contributed by atoms with Gasteiger partial charge in [0, 0.05) is 18.5 Å². The van der Waals surface area contributed by atoms with Crippen LogP contribution >= 0.6 is 0 Å². The number of anilines is 1. The number of benzene rings is 1. The van der Waals surface area contributed by atoms with Gasteiger partial charge >= 0.3 is 6.03 Å². The minimum Gasteiger partial charge on any atom is -0.395 e. The maximum Gasteiger partial charge on any atom is 0.322 e. The minimum absolute atomic E-state index is 0.0211. The average Bonchev–Trinajstić information content (AvgIpc) is 3.21. The smallest absolute Gasteiger partial charge is 0.322 e. The molecule has 0 saturated carbocycles. The molecular formula is C18H23N3O3. The molecule has 1 aromatic heterocycles. The van der Waals surface area contributed by atoms with Crippen molar-refractivity contribution in [3.8, 4) is 0 Å². The molecule has 0 aliphatic carbocycles. The molecule has 0 spiro atoms. The molecule has 2 heterocycles. The Hall–Kier alpha value is -2.34. The quantitative estimate of drug-likeness (QED) is 0.904. The second kappa shape index (κ2) is 6.65. The number of carbonyl (C=O) groups is 1. The van der Waals surface area contributed by atoms with E-state index in [2.05, 4.69) is 10.5 Å². The van der Waals surface area contributed by atoms with Crippen molar-refractivity contribution in [2.24, 2.45) is 0 Å². The van der Waals surface area contributed by atoms with Crippen LogP contribution in [0.4, 0.5) is 10.5 Å². The summed E-state index contributed by atoms with van der Waals surface area (Å²) in [4.78, 5) is 14.4. The van der Waals surface area contributed by atoms with Gasteiger partial charge in [0.2, 0.25) is 0 Å². The number of aryl methyl sites for hydroxylation is 2. The highest BCUT2D eigenvalue weighted by molar-refractivity contribution is 5.90. The van der Waals surface area contributed by atoms with Gasteiger partial charge in [-0.1, -0.05) is 42.4 Å². The number of aliphatic hydroxyl groups is 1. The highest BCUT2D eigenvalue weighted by Crippen LogP contribution is 2.34. The fraction of sp³-hybridized carbons (Fsp3) is 0.444. The Morgan fingerprint density at radius 1 is 1.42 bits per heavy atom. The van der Waals surface area contributed by atoms with Crippen LogP contribution in [0.5, 0.6) is 0 Å². The zero-order valence-corrected chi connectivity index (χ0v) is 14.1. The summed E-state index contributed by atoms with van der Waals surface area (Å²) >= 11 is 0. The molecule has 6 nitrogen and oxygen atoms in total. The lowest BCUT2D eigenvalue weighted by molar-refractivity contribution is 0.188. The van der Waals surface area contributed by atoms with Crippen molar-refractivity contribution < 1.29 is 14.4 Å². The molecule has 1 aliphatic rings. The summed E-state index contributed by atoms with van der Waals surface area (Å²) in [7, 11) is 0. The number of likely N-dealkylation sites (tertiary alicyclic amines) is 1. The van der Waals surface area contributed by atoms with Gasteiger partial charge in [0.25, 0.3) is 0 Å². The largest absolute Gasteiger partial charge is 0.395 e. The fourth-order valence-corrected chi connectivity index (χ4v) is 3.30. The van der Waals surface area contributed by atoms with Crippen LogP contribution in [0.25, 0.3) is 0 Å². The van der Waals surface area contributed by atoms with Crippen molar-refractivity contribution in [3.05, 3.63) is 47.3 Å². The second-order valence-corrected chi connectivity index (χ2v) is 6.32. The van der Waals surface area contributed by atoms with Gasteiger partial charge in [0.1, 0.15) is 11.4 Å². The van der Waals surface area contributed by atoms with Gasteiger partial charge in [0.05, 0.1) is 6.61 Å². The lowest BCUT2D eigenvalue weighted by Gasteiger charge is -2.27. The predicted octanol–water partition coefficient (Wildman–Crippen LogP) is 2.71. The van der Waals surface area contributed by atoms with E-state index in [9.17, 15) is 9.90 Å². The summed E-state index contributed by atoms with van der Waals surface area (Å²) in [5.74, 6) is 0.607. The van der Waals surface area contributed by atoms with Gasteiger partial charge in [-0.05, 0) is 25.3 Å². The molecule has 1 aliphatic heterocycles. The minimum atomic E-state index is -0.393. The van der Waals surface area contributed by atoms with Crippen LogP contribution in [0.3, 0.4) is 0 Å². The molecule has 1 fully saturated rings. The Kier molecular flexibility index (Phi) is 4.57. The van der Waals surface area contributed by atoms with E-state index in [0.717, 1.165) is 17.7 Å². The summed E-state index contributed by atoms with van der Waals surface area (Å²) in [6, 6.07) is 9.72. The number of carbonyl (C=O) groups excluding carboxylic acids is 1. The third-order valence-electron chi connectivity index (χ3n) is 4.83. The predicted molar refractivity (Wildman–Crippen MR) is 91.0 cm³/mol. The van der Waals surface area contributed by atoms with Crippen LogP contribution in [0, 0.1) is 6.92 Å². The Labute approximate surface area is 141 Å². The molecule has 6 heteroatoms. The Bertz CT molecular complexity index is 714. The van der Waals surface area contributed by atoms with Crippen LogP contribution in [0.2, 0.25) is 0 Å². The Morgan fingerprint density at radius 2 is 2.17 bits per heavy atom. The molecule has 2 aromatic rings. The highest BCUT2D eigenvalue weighted by atomic mass is 16.5. The normalized spacial score (nSPS) is 20.4. The van der Waals surface area contributed by atoms with Crippen LogP contribution in [-0.4, -0.2) is 40.9 Å². The van der Waals surface area contributed by atoms with Crippen molar-refractivity contribution in [1.82, 2.24) is 10.1 Å². The molecule has 1 unspecified atom stereocenters. The summed E-state index contributed by atoms with van der Waals surface area (Å²) < 4.78 is 5.16. The van der Waals surface area contributed by atoms with Crippen LogP contribution in [-0.2, 0) is 11.8 Å². The molecule has 1 saturated heterocycles. The zero-order chi connectivity index (χ0) is 17.2. The van der Waals surface area contributed by atoms with E-state index >= 15 is 0 Å². The number of aromatic nitrogens is 1. The van der Waals surface area contributed by atoms with E-state index in [-0.39, 0.29) is 12.6 Å². The van der Waals surface area contributed by atoms with E-state index in [0.29, 0.717) is 31.0 Å². The highest BCUT2D eigenvalue weighted by Gasteiger charge is 2.41. The standard InChI is InChI=1S/C18H23N3O3/c1-3-15-16(13(2)24-20-15)19-17(23)21-10-9-18(11-21,12-22)14-7-5-4-6-8-14/h4-8,22H,3,9-12H2,1-2H3,(H,19,23). The van der Waals surface area contributed by atoms with E-state index in [1.807, 2.05) is 37.3 Å². The lowest BCUT2D eigenvalue weighted by atomic mass is 9.80. The number of nitrogens with one attached hydrogen (secondary N) is 1. The monoisotopic (exact) mass is 329 g/mol. The summed E-state index contributed by atoms with van der Waals surface area (Å²) in [5, 5.41) is 16.8. The van der Waals surface area contributed by atoms with Crippen molar-refractivity contribution in [2.45, 2.75) is 32.1 Å². The topological polar surface area (TPSA) is 78.6 Å². The summed E-state index contributed by atoms with van der Waals surface area (Å²) in [6.45, 7) is 4.87. The van der Waals surface area contributed by atoms with Crippen LogP contribution < -0.4 is 5.32 Å². The van der Waals surface area contributed by atoms with E-state index in [1.54, 1.807) is 11.8 Å². The molecular weight excluding hydrogens is 306 g/mol. The number of amides is 2. The number of hydrogen-bond acceptors (Lipinski definition) is 4. The van der Waals surface area contributed by atoms with Crippen molar-refractivity contribution in [2.75, 3.05) is 25.0 Å². The first-order chi connectivity index (χ1) is 11.6. The molecule has 2 N–H and O–H groups in total. The fourth-order valence-electron chi connectivity index (χ4n) is 3.30. The maximum absolute atomic E-state index is 12.6. The van der Waals surface area contributed by atoms with Crippen molar-refractivity contribution in [3.63, 3.8) is 0 Å². The summed E-state index contributed by atoms with van der Waals surface area (Å²) in [5.41, 5.74) is 2.08. The third-order valence-corrected chi connectivity index (χ3v) is 4.83. The third kappa shape index (κ3) is 2.89. The number of hydrogen-bond donors (Lipinski definition) is 2. The first-order valence-corrected chi connectivity index (χ1v) is 8.27. The van der Waals surface area contributed by atoms with Gasteiger partial charge in [-0.15, -0.1) is 0 Å². The number of aliphatic hydroxyl groups excluding tert-OH is 1. The second-order valence-electron chi connectivity index (χ2n) is 6.32. The van der Waals surface area contributed by atoms with Gasteiger partial charge < -0.3 is 19.8 Å². The molecule has 128 valence electrons.